The highest BCUT2D eigenvalue weighted by atomic mass is 16.5. The number of Topliss-reactive ketones (excluding diaryl/α,β-unsaturated/α-hetero) is 1. The van der Waals surface area contributed by atoms with Crippen LogP contribution >= 0.6 is 0 Å². The molecule has 4 heteroatoms. The number of hydrogen-bond acceptors (Lipinski definition) is 3. The number of hydrogen-bond donors (Lipinski definition) is 1. The number of aryl methyl sites for hydroxylation is 1. The molecule has 0 saturated heterocycles. The van der Waals surface area contributed by atoms with E-state index in [-0.39, 0.29) is 24.3 Å². The molecule has 0 unspecified atom stereocenters. The first-order valence-electron chi connectivity index (χ1n) is 7.01. The van der Waals surface area contributed by atoms with Crippen LogP contribution in [0.2, 0.25) is 0 Å². The first kappa shape index (κ1) is 16.2. The molecule has 0 radical (unpaired) electrons. The van der Waals surface area contributed by atoms with E-state index in [4.69, 9.17) is 4.74 Å². The third-order valence-corrected chi connectivity index (χ3v) is 3.23. The number of nitrogens with one attached hydrogen (secondary N) is 1. The van der Waals surface area contributed by atoms with Gasteiger partial charge < -0.3 is 10.1 Å². The van der Waals surface area contributed by atoms with Gasteiger partial charge in [0, 0.05) is 6.04 Å². The predicted octanol–water partition coefficient (Wildman–Crippen LogP) is 2.88. The van der Waals surface area contributed by atoms with Gasteiger partial charge in [0.1, 0.15) is 5.75 Å². The van der Waals surface area contributed by atoms with Crippen molar-refractivity contribution in [2.24, 2.45) is 0 Å². The molecular formula is C16H23NO3. The summed E-state index contributed by atoms with van der Waals surface area (Å²) in [4.78, 5) is 23.3. The van der Waals surface area contributed by atoms with Gasteiger partial charge in [-0.05, 0) is 44.4 Å². The molecule has 0 spiro atoms. The average molecular weight is 277 g/mol. The zero-order chi connectivity index (χ0) is 15.1. The molecular weight excluding hydrogens is 254 g/mol. The van der Waals surface area contributed by atoms with Crippen LogP contribution in [-0.2, 0) is 4.79 Å². The van der Waals surface area contributed by atoms with Gasteiger partial charge in [-0.3, -0.25) is 9.59 Å². The molecule has 0 aliphatic heterocycles. The van der Waals surface area contributed by atoms with Crippen LogP contribution < -0.4 is 10.1 Å². The van der Waals surface area contributed by atoms with Crippen LogP contribution in [0.3, 0.4) is 0 Å². The van der Waals surface area contributed by atoms with Gasteiger partial charge in [-0.1, -0.05) is 19.9 Å². The number of ether oxygens (including phenoxy) is 1. The molecule has 0 fully saturated rings. The molecule has 0 bridgehead atoms. The quantitative estimate of drug-likeness (QED) is 0.780. The van der Waals surface area contributed by atoms with Crippen molar-refractivity contribution < 1.29 is 14.3 Å². The molecule has 0 aliphatic rings. The van der Waals surface area contributed by atoms with Crippen LogP contribution in [-0.4, -0.2) is 24.3 Å². The number of ketones is 1. The number of amides is 1. The summed E-state index contributed by atoms with van der Waals surface area (Å²) in [5, 5.41) is 2.90. The molecule has 1 aromatic carbocycles. The summed E-state index contributed by atoms with van der Waals surface area (Å²) in [5.74, 6) is 0.243. The van der Waals surface area contributed by atoms with E-state index in [0.29, 0.717) is 11.3 Å². The SMILES string of the molecule is CCC(CC)NC(=O)COc1cc(C)ccc1C(C)=O. The molecule has 1 N–H and O–H groups in total. The molecule has 0 aromatic heterocycles. The summed E-state index contributed by atoms with van der Waals surface area (Å²) in [6.45, 7) is 7.40. The number of carbonyl (C=O) groups is 2. The first-order valence-corrected chi connectivity index (χ1v) is 7.01. The number of carbonyl (C=O) groups excluding carboxylic acids is 2. The minimum Gasteiger partial charge on any atom is -0.483 e. The molecule has 4 nitrogen and oxygen atoms in total. The van der Waals surface area contributed by atoms with Crippen LogP contribution in [0.4, 0.5) is 0 Å². The maximum absolute atomic E-state index is 11.8. The van der Waals surface area contributed by atoms with Gasteiger partial charge in [0.15, 0.2) is 12.4 Å². The normalized spacial score (nSPS) is 10.4. The van der Waals surface area contributed by atoms with Crippen molar-refractivity contribution in [1.29, 1.82) is 0 Å². The fourth-order valence-corrected chi connectivity index (χ4v) is 1.95. The van der Waals surface area contributed by atoms with Crippen molar-refractivity contribution in [2.75, 3.05) is 6.61 Å². The Morgan fingerprint density at radius 2 is 1.90 bits per heavy atom. The predicted molar refractivity (Wildman–Crippen MR) is 79.2 cm³/mol. The van der Waals surface area contributed by atoms with Crippen LogP contribution in [0.25, 0.3) is 0 Å². The Bertz CT molecular complexity index is 479. The second-order valence-corrected chi connectivity index (χ2v) is 4.93. The lowest BCUT2D eigenvalue weighted by atomic mass is 10.1. The Hall–Kier alpha value is -1.84. The topological polar surface area (TPSA) is 55.4 Å². The van der Waals surface area contributed by atoms with Gasteiger partial charge in [-0.2, -0.15) is 0 Å². The Morgan fingerprint density at radius 3 is 2.45 bits per heavy atom. The Morgan fingerprint density at radius 1 is 1.25 bits per heavy atom. The molecule has 0 saturated carbocycles. The van der Waals surface area contributed by atoms with E-state index in [1.807, 2.05) is 26.8 Å². The zero-order valence-electron chi connectivity index (χ0n) is 12.7. The molecule has 0 aliphatic carbocycles. The highest BCUT2D eigenvalue weighted by Crippen LogP contribution is 2.20. The maximum Gasteiger partial charge on any atom is 0.258 e. The van der Waals surface area contributed by atoms with Crippen molar-refractivity contribution >= 4 is 11.7 Å². The lowest BCUT2D eigenvalue weighted by Crippen LogP contribution is -2.37. The van der Waals surface area contributed by atoms with E-state index in [2.05, 4.69) is 5.32 Å². The molecule has 0 atom stereocenters. The van der Waals surface area contributed by atoms with Crippen LogP contribution in [0, 0.1) is 6.92 Å². The van der Waals surface area contributed by atoms with Crippen LogP contribution in [0.1, 0.15) is 49.5 Å². The van der Waals surface area contributed by atoms with E-state index >= 15 is 0 Å². The van der Waals surface area contributed by atoms with Crippen molar-refractivity contribution in [3.8, 4) is 5.75 Å². The molecule has 20 heavy (non-hydrogen) atoms. The second kappa shape index (κ2) is 7.68. The zero-order valence-corrected chi connectivity index (χ0v) is 12.7. The van der Waals surface area contributed by atoms with Crippen molar-refractivity contribution in [2.45, 2.75) is 46.6 Å². The Balaban J connectivity index is 2.67. The van der Waals surface area contributed by atoms with Crippen LogP contribution in [0.5, 0.6) is 5.75 Å². The van der Waals surface area contributed by atoms with E-state index in [1.54, 1.807) is 12.1 Å². The molecule has 1 amide bonds. The van der Waals surface area contributed by atoms with Gasteiger partial charge >= 0.3 is 0 Å². The number of rotatable bonds is 7. The van der Waals surface area contributed by atoms with Gasteiger partial charge in [0.25, 0.3) is 5.91 Å². The maximum atomic E-state index is 11.8. The highest BCUT2D eigenvalue weighted by Gasteiger charge is 2.12. The van der Waals surface area contributed by atoms with Crippen molar-refractivity contribution in [3.63, 3.8) is 0 Å². The largest absolute Gasteiger partial charge is 0.483 e. The summed E-state index contributed by atoms with van der Waals surface area (Å²) in [5.41, 5.74) is 1.50. The lowest BCUT2D eigenvalue weighted by Gasteiger charge is -2.15. The second-order valence-electron chi connectivity index (χ2n) is 4.93. The average Bonchev–Trinajstić information content (AvgIpc) is 2.42. The fraction of sp³-hybridized carbons (Fsp3) is 0.500. The number of benzene rings is 1. The van der Waals surface area contributed by atoms with E-state index < -0.39 is 0 Å². The molecule has 1 aromatic rings. The van der Waals surface area contributed by atoms with E-state index in [0.717, 1.165) is 18.4 Å². The first-order chi connectivity index (χ1) is 9.47. The van der Waals surface area contributed by atoms with Gasteiger partial charge in [-0.15, -0.1) is 0 Å². The highest BCUT2D eigenvalue weighted by molar-refractivity contribution is 5.97. The Kier molecular flexibility index (Phi) is 6.22. The summed E-state index contributed by atoms with van der Waals surface area (Å²) in [7, 11) is 0. The molecule has 110 valence electrons. The standard InChI is InChI=1S/C16H23NO3/c1-5-13(6-2)17-16(19)10-20-15-9-11(3)7-8-14(15)12(4)18/h7-9,13H,5-6,10H2,1-4H3,(H,17,19). The van der Waals surface area contributed by atoms with E-state index in [1.165, 1.54) is 6.92 Å². The fourth-order valence-electron chi connectivity index (χ4n) is 1.95. The summed E-state index contributed by atoms with van der Waals surface area (Å²) >= 11 is 0. The monoisotopic (exact) mass is 277 g/mol. The van der Waals surface area contributed by atoms with Crippen molar-refractivity contribution in [1.82, 2.24) is 5.32 Å². The van der Waals surface area contributed by atoms with Gasteiger partial charge in [0.2, 0.25) is 0 Å². The molecule has 0 heterocycles. The molecule has 1 rings (SSSR count). The third kappa shape index (κ3) is 4.68. The summed E-state index contributed by atoms with van der Waals surface area (Å²) in [6.07, 6.45) is 1.79. The van der Waals surface area contributed by atoms with Crippen molar-refractivity contribution in [3.05, 3.63) is 29.3 Å². The smallest absolute Gasteiger partial charge is 0.258 e. The minimum atomic E-state index is -0.158. The van der Waals surface area contributed by atoms with E-state index in [9.17, 15) is 9.59 Å². The summed E-state index contributed by atoms with van der Waals surface area (Å²) in [6, 6.07) is 5.54. The van der Waals surface area contributed by atoms with Gasteiger partial charge in [0.05, 0.1) is 5.56 Å². The van der Waals surface area contributed by atoms with Crippen LogP contribution in [0.15, 0.2) is 18.2 Å². The lowest BCUT2D eigenvalue weighted by molar-refractivity contribution is -0.123. The van der Waals surface area contributed by atoms with Gasteiger partial charge in [-0.25, -0.2) is 0 Å². The Labute approximate surface area is 120 Å². The summed E-state index contributed by atoms with van der Waals surface area (Å²) < 4.78 is 5.50. The minimum absolute atomic E-state index is 0.0691. The third-order valence-electron chi connectivity index (χ3n) is 3.23.